The van der Waals surface area contributed by atoms with Crippen LogP contribution in [-0.2, 0) is 4.79 Å². The Hall–Kier alpha value is -1.36. The number of rotatable bonds is 8. The maximum absolute atomic E-state index is 11.6. The topological polar surface area (TPSA) is 64.3 Å². The Labute approximate surface area is 119 Å². The van der Waals surface area contributed by atoms with Gasteiger partial charge < -0.3 is 15.8 Å². The molecule has 1 unspecified atom stereocenters. The fraction of sp³-hybridized carbons (Fsp3) is 0.500. The van der Waals surface area contributed by atoms with Crippen LogP contribution < -0.4 is 15.8 Å². The average Bonchev–Trinajstić information content (AvgIpc) is 2.39. The minimum atomic E-state index is 0.0162. The van der Waals surface area contributed by atoms with Crippen molar-refractivity contribution in [3.05, 3.63) is 24.3 Å². The largest absolute Gasteiger partial charge is 0.491 e. The standard InChI is InChI=1S/C14H22N2O2S/c1-11(10-19-2)9-16-14(17)7-8-18-13-6-4-3-5-12(13)15/h3-6,11H,7-10,15H2,1-2H3,(H,16,17). The molecule has 0 aromatic heterocycles. The highest BCUT2D eigenvalue weighted by Crippen LogP contribution is 2.19. The van der Waals surface area contributed by atoms with E-state index in [0.29, 0.717) is 36.9 Å². The van der Waals surface area contributed by atoms with Crippen molar-refractivity contribution < 1.29 is 9.53 Å². The van der Waals surface area contributed by atoms with Crippen molar-refractivity contribution in [1.29, 1.82) is 0 Å². The average molecular weight is 282 g/mol. The fourth-order valence-electron chi connectivity index (χ4n) is 1.59. The van der Waals surface area contributed by atoms with Crippen molar-refractivity contribution in [1.82, 2.24) is 5.32 Å². The van der Waals surface area contributed by atoms with E-state index in [1.165, 1.54) is 0 Å². The second-order valence-corrected chi connectivity index (χ2v) is 5.41. The lowest BCUT2D eigenvalue weighted by molar-refractivity contribution is -0.121. The minimum Gasteiger partial charge on any atom is -0.491 e. The van der Waals surface area contributed by atoms with E-state index in [-0.39, 0.29) is 5.91 Å². The first-order valence-electron chi connectivity index (χ1n) is 6.36. The molecule has 4 nitrogen and oxygen atoms in total. The summed E-state index contributed by atoms with van der Waals surface area (Å²) in [6, 6.07) is 7.28. The van der Waals surface area contributed by atoms with Gasteiger partial charge in [-0.05, 0) is 30.1 Å². The van der Waals surface area contributed by atoms with E-state index >= 15 is 0 Å². The number of benzene rings is 1. The summed E-state index contributed by atoms with van der Waals surface area (Å²) < 4.78 is 5.47. The predicted molar refractivity (Wildman–Crippen MR) is 81.5 cm³/mol. The van der Waals surface area contributed by atoms with Crippen LogP contribution in [0.15, 0.2) is 24.3 Å². The summed E-state index contributed by atoms with van der Waals surface area (Å²) in [7, 11) is 0. The smallest absolute Gasteiger partial charge is 0.223 e. The van der Waals surface area contributed by atoms with Crippen LogP contribution in [0.5, 0.6) is 5.75 Å². The van der Waals surface area contributed by atoms with Gasteiger partial charge in [-0.15, -0.1) is 0 Å². The van der Waals surface area contributed by atoms with Gasteiger partial charge in [-0.25, -0.2) is 0 Å². The molecular formula is C14H22N2O2S. The van der Waals surface area contributed by atoms with Crippen molar-refractivity contribution in [2.75, 3.05) is 30.9 Å². The second kappa shape index (κ2) is 8.69. The third-order valence-electron chi connectivity index (χ3n) is 2.60. The quantitative estimate of drug-likeness (QED) is 0.717. The highest BCUT2D eigenvalue weighted by Gasteiger charge is 2.06. The number of ether oxygens (including phenoxy) is 1. The van der Waals surface area contributed by atoms with E-state index in [1.54, 1.807) is 23.9 Å². The van der Waals surface area contributed by atoms with Gasteiger partial charge in [0.2, 0.25) is 5.91 Å². The molecule has 0 spiro atoms. The van der Waals surface area contributed by atoms with Gasteiger partial charge in [-0.3, -0.25) is 4.79 Å². The lowest BCUT2D eigenvalue weighted by Gasteiger charge is -2.12. The Morgan fingerprint density at radius 1 is 1.47 bits per heavy atom. The van der Waals surface area contributed by atoms with Gasteiger partial charge in [0.1, 0.15) is 5.75 Å². The van der Waals surface area contributed by atoms with Crippen molar-refractivity contribution >= 4 is 23.4 Å². The highest BCUT2D eigenvalue weighted by molar-refractivity contribution is 7.98. The van der Waals surface area contributed by atoms with Crippen molar-refractivity contribution in [3.8, 4) is 5.75 Å². The molecule has 106 valence electrons. The minimum absolute atomic E-state index is 0.0162. The lowest BCUT2D eigenvalue weighted by atomic mass is 10.2. The van der Waals surface area contributed by atoms with E-state index in [2.05, 4.69) is 18.5 Å². The van der Waals surface area contributed by atoms with Crippen molar-refractivity contribution in [2.24, 2.45) is 5.92 Å². The summed E-state index contributed by atoms with van der Waals surface area (Å²) in [4.78, 5) is 11.6. The van der Waals surface area contributed by atoms with Gasteiger partial charge in [0.15, 0.2) is 0 Å². The Morgan fingerprint density at radius 2 is 2.21 bits per heavy atom. The molecular weight excluding hydrogens is 260 g/mol. The van der Waals surface area contributed by atoms with E-state index in [0.717, 1.165) is 5.75 Å². The second-order valence-electron chi connectivity index (χ2n) is 4.50. The first-order valence-corrected chi connectivity index (χ1v) is 7.75. The normalized spacial score (nSPS) is 11.9. The molecule has 0 radical (unpaired) electrons. The maximum Gasteiger partial charge on any atom is 0.223 e. The van der Waals surface area contributed by atoms with Gasteiger partial charge in [0.05, 0.1) is 18.7 Å². The van der Waals surface area contributed by atoms with E-state index < -0.39 is 0 Å². The van der Waals surface area contributed by atoms with Gasteiger partial charge in [-0.1, -0.05) is 19.1 Å². The molecule has 1 aromatic rings. The number of carbonyl (C=O) groups is 1. The molecule has 0 aliphatic heterocycles. The number of carbonyl (C=O) groups excluding carboxylic acids is 1. The van der Waals surface area contributed by atoms with Crippen LogP contribution in [0.4, 0.5) is 5.69 Å². The predicted octanol–water partition coefficient (Wildman–Crippen LogP) is 2.15. The summed E-state index contributed by atoms with van der Waals surface area (Å²) in [5.41, 5.74) is 6.34. The molecule has 0 aliphatic rings. The molecule has 1 aromatic carbocycles. The van der Waals surface area contributed by atoms with Crippen LogP contribution in [0.1, 0.15) is 13.3 Å². The summed E-state index contributed by atoms with van der Waals surface area (Å²) in [5.74, 6) is 2.19. The number of hydrogen-bond acceptors (Lipinski definition) is 4. The molecule has 0 fully saturated rings. The number of thioether (sulfide) groups is 1. The monoisotopic (exact) mass is 282 g/mol. The van der Waals surface area contributed by atoms with Gasteiger partial charge in [0.25, 0.3) is 0 Å². The zero-order valence-corrected chi connectivity index (χ0v) is 12.3. The third-order valence-corrected chi connectivity index (χ3v) is 3.51. The van der Waals surface area contributed by atoms with Crippen molar-refractivity contribution in [2.45, 2.75) is 13.3 Å². The summed E-state index contributed by atoms with van der Waals surface area (Å²) in [6.07, 6.45) is 2.41. The van der Waals surface area contributed by atoms with Gasteiger partial charge in [0, 0.05) is 6.54 Å². The Balaban J connectivity index is 2.19. The number of anilines is 1. The Bertz CT molecular complexity index is 399. The summed E-state index contributed by atoms with van der Waals surface area (Å²) in [6.45, 7) is 3.18. The molecule has 0 saturated carbocycles. The molecule has 3 N–H and O–H groups in total. The first kappa shape index (κ1) is 15.7. The SMILES string of the molecule is CSCC(C)CNC(=O)CCOc1ccccc1N. The van der Waals surface area contributed by atoms with E-state index in [4.69, 9.17) is 10.5 Å². The first-order chi connectivity index (χ1) is 9.13. The van der Waals surface area contributed by atoms with Crippen LogP contribution in [0.25, 0.3) is 0 Å². The third kappa shape index (κ3) is 6.38. The Kier molecular flexibility index (Phi) is 7.18. The number of hydrogen-bond donors (Lipinski definition) is 2. The summed E-state index contributed by atoms with van der Waals surface area (Å²) >= 11 is 1.79. The molecule has 1 atom stereocenters. The highest BCUT2D eigenvalue weighted by atomic mass is 32.2. The van der Waals surface area contributed by atoms with Crippen LogP contribution in [0, 0.1) is 5.92 Å². The number of nitrogens with two attached hydrogens (primary N) is 1. The molecule has 1 amide bonds. The number of nitrogens with one attached hydrogen (secondary N) is 1. The fourth-order valence-corrected chi connectivity index (χ4v) is 2.27. The number of para-hydroxylation sites is 2. The molecule has 0 heterocycles. The van der Waals surface area contributed by atoms with Crippen LogP contribution in [0.3, 0.4) is 0 Å². The molecule has 0 saturated heterocycles. The zero-order chi connectivity index (χ0) is 14.1. The van der Waals surface area contributed by atoms with Crippen LogP contribution in [-0.4, -0.2) is 31.1 Å². The maximum atomic E-state index is 11.6. The lowest BCUT2D eigenvalue weighted by Crippen LogP contribution is -2.30. The molecule has 5 heteroatoms. The summed E-state index contributed by atoms with van der Waals surface area (Å²) in [5, 5.41) is 2.90. The molecule has 0 bridgehead atoms. The molecule has 19 heavy (non-hydrogen) atoms. The van der Waals surface area contributed by atoms with Crippen LogP contribution in [0.2, 0.25) is 0 Å². The van der Waals surface area contributed by atoms with E-state index in [9.17, 15) is 4.79 Å². The van der Waals surface area contributed by atoms with E-state index in [1.807, 2.05) is 12.1 Å². The van der Waals surface area contributed by atoms with Gasteiger partial charge in [-0.2, -0.15) is 11.8 Å². The molecule has 1 rings (SSSR count). The van der Waals surface area contributed by atoms with Gasteiger partial charge >= 0.3 is 0 Å². The number of nitrogen functional groups attached to an aromatic ring is 1. The number of amides is 1. The zero-order valence-electron chi connectivity index (χ0n) is 11.5. The van der Waals surface area contributed by atoms with Crippen LogP contribution >= 0.6 is 11.8 Å². The molecule has 0 aliphatic carbocycles. The Morgan fingerprint density at radius 3 is 2.89 bits per heavy atom. The van der Waals surface area contributed by atoms with Crippen molar-refractivity contribution in [3.63, 3.8) is 0 Å².